The molecule has 7 nitrogen and oxygen atoms in total. The molecule has 1 atom stereocenters. The van der Waals surface area contributed by atoms with E-state index in [1.54, 1.807) is 18.2 Å². The summed E-state index contributed by atoms with van der Waals surface area (Å²) in [6.45, 7) is 4.60. The number of likely N-dealkylation sites (N-methyl/N-ethyl adjacent to an activating group) is 1. The standard InChI is InChI=1S/C19H25N5O2/c1-13(24-10-8-20-14(24)2)11-19(25)23(3)9-7-18-21-16-6-5-15(26-4)12-17(16)22-18/h5-6,8,10,12-13H,7,9,11H2,1-4H3,(H,21,22)/t13-/m1/s1. The molecule has 0 spiro atoms. The number of benzene rings is 1. The molecule has 0 aliphatic heterocycles. The number of nitrogens with one attached hydrogen (secondary N) is 1. The summed E-state index contributed by atoms with van der Waals surface area (Å²) in [5.41, 5.74) is 1.84. The molecule has 0 aliphatic carbocycles. The second-order valence-electron chi connectivity index (χ2n) is 6.57. The molecule has 26 heavy (non-hydrogen) atoms. The summed E-state index contributed by atoms with van der Waals surface area (Å²) in [6.07, 6.45) is 4.80. The Morgan fingerprint density at radius 3 is 2.92 bits per heavy atom. The predicted molar refractivity (Wildman–Crippen MR) is 100 cm³/mol. The van der Waals surface area contributed by atoms with Crippen LogP contribution in [0.1, 0.15) is 31.0 Å². The number of amides is 1. The second-order valence-corrected chi connectivity index (χ2v) is 6.57. The Bertz CT molecular complexity index is 898. The number of imidazole rings is 2. The van der Waals surface area contributed by atoms with Crippen LogP contribution in [0, 0.1) is 6.92 Å². The summed E-state index contributed by atoms with van der Waals surface area (Å²) in [5, 5.41) is 0. The van der Waals surface area contributed by atoms with Crippen LogP contribution in [0.5, 0.6) is 5.75 Å². The van der Waals surface area contributed by atoms with Crippen LogP contribution in [-0.4, -0.2) is 51.0 Å². The van der Waals surface area contributed by atoms with Crippen molar-refractivity contribution in [3.8, 4) is 5.75 Å². The fraction of sp³-hybridized carbons (Fsp3) is 0.421. The summed E-state index contributed by atoms with van der Waals surface area (Å²) in [6, 6.07) is 5.84. The maximum Gasteiger partial charge on any atom is 0.224 e. The minimum atomic E-state index is 0.0890. The highest BCUT2D eigenvalue weighted by Crippen LogP contribution is 2.19. The molecule has 2 heterocycles. The zero-order chi connectivity index (χ0) is 18.7. The van der Waals surface area contributed by atoms with E-state index in [0.717, 1.165) is 28.4 Å². The monoisotopic (exact) mass is 355 g/mol. The van der Waals surface area contributed by atoms with Gasteiger partial charge in [-0.15, -0.1) is 0 Å². The fourth-order valence-electron chi connectivity index (χ4n) is 3.05. The number of carbonyl (C=O) groups is 1. The van der Waals surface area contributed by atoms with E-state index in [4.69, 9.17) is 4.74 Å². The zero-order valence-electron chi connectivity index (χ0n) is 15.7. The number of nitrogens with zero attached hydrogens (tertiary/aromatic N) is 4. The van der Waals surface area contributed by atoms with Crippen molar-refractivity contribution in [1.82, 2.24) is 24.4 Å². The lowest BCUT2D eigenvalue weighted by Crippen LogP contribution is -2.30. The van der Waals surface area contributed by atoms with Crippen LogP contribution in [0.2, 0.25) is 0 Å². The Morgan fingerprint density at radius 1 is 1.42 bits per heavy atom. The van der Waals surface area contributed by atoms with Crippen molar-refractivity contribution in [2.75, 3.05) is 20.7 Å². The minimum Gasteiger partial charge on any atom is -0.497 e. The summed E-state index contributed by atoms with van der Waals surface area (Å²) in [4.78, 5) is 26.3. The molecule has 0 fully saturated rings. The van der Waals surface area contributed by atoms with E-state index in [-0.39, 0.29) is 11.9 Å². The van der Waals surface area contributed by atoms with Gasteiger partial charge in [0, 0.05) is 50.9 Å². The Labute approximate surface area is 153 Å². The number of aryl methyl sites for hydroxylation is 1. The van der Waals surface area contributed by atoms with E-state index < -0.39 is 0 Å². The van der Waals surface area contributed by atoms with Crippen molar-refractivity contribution in [2.45, 2.75) is 32.7 Å². The molecule has 3 rings (SSSR count). The average molecular weight is 355 g/mol. The molecule has 0 unspecified atom stereocenters. The molecule has 0 saturated heterocycles. The van der Waals surface area contributed by atoms with E-state index >= 15 is 0 Å². The molecule has 138 valence electrons. The number of hydrogen-bond donors (Lipinski definition) is 1. The SMILES string of the molecule is COc1ccc2nc(CCN(C)C(=O)C[C@@H](C)n3ccnc3C)[nH]c2c1. The van der Waals surface area contributed by atoms with Crippen molar-refractivity contribution in [3.05, 3.63) is 42.2 Å². The topological polar surface area (TPSA) is 76.0 Å². The van der Waals surface area contributed by atoms with Crippen molar-refractivity contribution in [2.24, 2.45) is 0 Å². The Kier molecular flexibility index (Phi) is 5.25. The van der Waals surface area contributed by atoms with Crippen molar-refractivity contribution in [1.29, 1.82) is 0 Å². The summed E-state index contributed by atoms with van der Waals surface area (Å²) >= 11 is 0. The number of methoxy groups -OCH3 is 1. The molecular formula is C19H25N5O2. The van der Waals surface area contributed by atoms with E-state index in [1.807, 2.05) is 49.9 Å². The fourth-order valence-corrected chi connectivity index (χ4v) is 3.05. The molecule has 7 heteroatoms. The largest absolute Gasteiger partial charge is 0.497 e. The van der Waals surface area contributed by atoms with Gasteiger partial charge in [0.2, 0.25) is 5.91 Å². The Morgan fingerprint density at radius 2 is 2.23 bits per heavy atom. The maximum absolute atomic E-state index is 12.5. The number of H-pyrrole nitrogens is 1. The first-order valence-electron chi connectivity index (χ1n) is 8.74. The van der Waals surface area contributed by atoms with Gasteiger partial charge < -0.3 is 19.2 Å². The lowest BCUT2D eigenvalue weighted by molar-refractivity contribution is -0.130. The van der Waals surface area contributed by atoms with Crippen LogP contribution in [-0.2, 0) is 11.2 Å². The summed E-state index contributed by atoms with van der Waals surface area (Å²) < 4.78 is 7.26. The third kappa shape index (κ3) is 3.87. The van der Waals surface area contributed by atoms with Crippen LogP contribution < -0.4 is 4.74 Å². The number of aromatic amines is 1. The molecule has 0 aliphatic rings. The van der Waals surface area contributed by atoms with Gasteiger partial charge in [-0.1, -0.05) is 0 Å². The molecule has 1 amide bonds. The molecule has 2 aromatic heterocycles. The van der Waals surface area contributed by atoms with Crippen LogP contribution in [0.4, 0.5) is 0 Å². The minimum absolute atomic E-state index is 0.0890. The summed E-state index contributed by atoms with van der Waals surface area (Å²) in [5.74, 6) is 2.70. The molecule has 0 bridgehead atoms. The summed E-state index contributed by atoms with van der Waals surface area (Å²) in [7, 11) is 3.48. The Balaban J connectivity index is 1.57. The van der Waals surface area contributed by atoms with Crippen molar-refractivity contribution < 1.29 is 9.53 Å². The van der Waals surface area contributed by atoms with Crippen LogP contribution in [0.25, 0.3) is 11.0 Å². The van der Waals surface area contributed by atoms with E-state index in [0.29, 0.717) is 19.4 Å². The van der Waals surface area contributed by atoms with Gasteiger partial charge in [-0.05, 0) is 26.0 Å². The van der Waals surface area contributed by atoms with Gasteiger partial charge in [-0.25, -0.2) is 9.97 Å². The highest BCUT2D eigenvalue weighted by Gasteiger charge is 2.16. The lowest BCUT2D eigenvalue weighted by atomic mass is 10.2. The van der Waals surface area contributed by atoms with E-state index in [2.05, 4.69) is 15.0 Å². The van der Waals surface area contributed by atoms with Crippen LogP contribution >= 0.6 is 0 Å². The molecule has 0 radical (unpaired) electrons. The number of fused-ring (bicyclic) bond motifs is 1. The third-order valence-electron chi connectivity index (χ3n) is 4.66. The molecular weight excluding hydrogens is 330 g/mol. The van der Waals surface area contributed by atoms with Gasteiger partial charge in [0.15, 0.2) is 0 Å². The maximum atomic E-state index is 12.5. The van der Waals surface area contributed by atoms with Gasteiger partial charge in [-0.3, -0.25) is 4.79 Å². The highest BCUT2D eigenvalue weighted by atomic mass is 16.5. The van der Waals surface area contributed by atoms with E-state index in [9.17, 15) is 4.79 Å². The molecule has 1 N–H and O–H groups in total. The number of ether oxygens (including phenoxy) is 1. The quantitative estimate of drug-likeness (QED) is 0.707. The van der Waals surface area contributed by atoms with Gasteiger partial charge in [-0.2, -0.15) is 0 Å². The molecule has 0 saturated carbocycles. The number of carbonyl (C=O) groups excluding carboxylic acids is 1. The first-order chi connectivity index (χ1) is 12.5. The van der Waals surface area contributed by atoms with Crippen molar-refractivity contribution in [3.63, 3.8) is 0 Å². The Hall–Kier alpha value is -2.83. The molecule has 1 aromatic carbocycles. The number of rotatable bonds is 7. The molecule has 3 aromatic rings. The van der Waals surface area contributed by atoms with Crippen LogP contribution in [0.15, 0.2) is 30.6 Å². The van der Waals surface area contributed by atoms with Crippen molar-refractivity contribution >= 4 is 16.9 Å². The lowest BCUT2D eigenvalue weighted by Gasteiger charge is -2.20. The first-order valence-corrected chi connectivity index (χ1v) is 8.74. The number of hydrogen-bond acceptors (Lipinski definition) is 4. The third-order valence-corrected chi connectivity index (χ3v) is 4.66. The van der Waals surface area contributed by atoms with Gasteiger partial charge in [0.05, 0.1) is 18.1 Å². The first kappa shape index (κ1) is 18.0. The smallest absolute Gasteiger partial charge is 0.224 e. The van der Waals surface area contributed by atoms with Gasteiger partial charge in [0.1, 0.15) is 17.4 Å². The van der Waals surface area contributed by atoms with E-state index in [1.165, 1.54) is 0 Å². The zero-order valence-corrected chi connectivity index (χ0v) is 15.7. The highest BCUT2D eigenvalue weighted by molar-refractivity contribution is 5.77. The normalized spacial score (nSPS) is 12.3. The average Bonchev–Trinajstić information content (AvgIpc) is 3.24. The van der Waals surface area contributed by atoms with Gasteiger partial charge >= 0.3 is 0 Å². The van der Waals surface area contributed by atoms with Gasteiger partial charge in [0.25, 0.3) is 0 Å². The van der Waals surface area contributed by atoms with Crippen LogP contribution in [0.3, 0.4) is 0 Å². The predicted octanol–water partition coefficient (Wildman–Crippen LogP) is 2.73. The second kappa shape index (κ2) is 7.59. The number of aromatic nitrogens is 4.